The molecule has 1 heterocycles. The average Bonchev–Trinajstić information content (AvgIpc) is 2.83. The fourth-order valence-corrected chi connectivity index (χ4v) is 2.48. The molecule has 0 unspecified atom stereocenters. The number of nitrogens with two attached hydrogens (primary N) is 1. The van der Waals surface area contributed by atoms with Crippen LogP contribution in [-0.4, -0.2) is 13.1 Å². The fraction of sp³-hybridized carbons (Fsp3) is 0.692. The van der Waals surface area contributed by atoms with Gasteiger partial charge in [0.05, 0.1) is 12.8 Å². The van der Waals surface area contributed by atoms with E-state index in [0.717, 1.165) is 37.2 Å². The molecule has 0 radical (unpaired) electrons. The van der Waals surface area contributed by atoms with E-state index in [0.29, 0.717) is 0 Å². The second kappa shape index (κ2) is 6.06. The molecule has 1 aromatic heterocycles. The topological polar surface area (TPSA) is 51.2 Å². The van der Waals surface area contributed by atoms with Gasteiger partial charge in [0, 0.05) is 0 Å². The van der Waals surface area contributed by atoms with Gasteiger partial charge in [0.1, 0.15) is 5.76 Å². The van der Waals surface area contributed by atoms with Gasteiger partial charge in [-0.3, -0.25) is 0 Å². The predicted octanol–water partition coefficient (Wildman–Crippen LogP) is 2.13. The molecule has 16 heavy (non-hydrogen) atoms. The molecular formula is C13H22N2O. The summed E-state index contributed by atoms with van der Waals surface area (Å²) in [5.41, 5.74) is 5.68. The van der Waals surface area contributed by atoms with Crippen molar-refractivity contribution in [3.05, 3.63) is 24.2 Å². The van der Waals surface area contributed by atoms with Crippen molar-refractivity contribution in [2.24, 2.45) is 17.6 Å². The zero-order chi connectivity index (χ0) is 11.2. The summed E-state index contributed by atoms with van der Waals surface area (Å²) < 4.78 is 5.28. The van der Waals surface area contributed by atoms with Gasteiger partial charge >= 0.3 is 0 Å². The van der Waals surface area contributed by atoms with Crippen LogP contribution in [0.3, 0.4) is 0 Å². The van der Waals surface area contributed by atoms with E-state index in [9.17, 15) is 0 Å². The molecule has 1 fully saturated rings. The van der Waals surface area contributed by atoms with E-state index in [1.165, 1.54) is 25.7 Å². The Hall–Kier alpha value is -0.800. The maximum atomic E-state index is 5.68. The van der Waals surface area contributed by atoms with Gasteiger partial charge in [0.25, 0.3) is 0 Å². The summed E-state index contributed by atoms with van der Waals surface area (Å²) in [5.74, 6) is 2.63. The molecule has 90 valence electrons. The van der Waals surface area contributed by atoms with Gasteiger partial charge in [-0.25, -0.2) is 0 Å². The Balaban J connectivity index is 1.60. The van der Waals surface area contributed by atoms with Crippen LogP contribution < -0.4 is 11.1 Å². The molecule has 0 aromatic carbocycles. The third kappa shape index (κ3) is 3.35. The van der Waals surface area contributed by atoms with Crippen LogP contribution >= 0.6 is 0 Å². The first-order chi connectivity index (χ1) is 7.88. The average molecular weight is 222 g/mol. The van der Waals surface area contributed by atoms with Crippen molar-refractivity contribution in [1.82, 2.24) is 5.32 Å². The van der Waals surface area contributed by atoms with Crippen molar-refractivity contribution in [3.8, 4) is 0 Å². The Morgan fingerprint density at radius 1 is 1.25 bits per heavy atom. The van der Waals surface area contributed by atoms with Crippen LogP contribution in [0.5, 0.6) is 0 Å². The molecule has 3 nitrogen and oxygen atoms in total. The molecule has 1 aliphatic carbocycles. The first-order valence-electron chi connectivity index (χ1n) is 6.31. The Kier molecular flexibility index (Phi) is 4.43. The SMILES string of the molecule is NCC1CCC(CNCc2ccco2)CC1. The summed E-state index contributed by atoms with van der Waals surface area (Å²) in [6.07, 6.45) is 7.00. The lowest BCUT2D eigenvalue weighted by atomic mass is 9.82. The van der Waals surface area contributed by atoms with Crippen molar-refractivity contribution in [2.75, 3.05) is 13.1 Å². The summed E-state index contributed by atoms with van der Waals surface area (Å²) >= 11 is 0. The van der Waals surface area contributed by atoms with E-state index in [-0.39, 0.29) is 0 Å². The second-order valence-corrected chi connectivity index (χ2v) is 4.83. The van der Waals surface area contributed by atoms with Gasteiger partial charge in [0.2, 0.25) is 0 Å². The van der Waals surface area contributed by atoms with Crippen molar-refractivity contribution in [1.29, 1.82) is 0 Å². The van der Waals surface area contributed by atoms with Crippen LogP contribution in [0.4, 0.5) is 0 Å². The molecule has 2 rings (SSSR count). The first-order valence-corrected chi connectivity index (χ1v) is 6.31. The van der Waals surface area contributed by atoms with Gasteiger partial charge in [-0.1, -0.05) is 0 Å². The van der Waals surface area contributed by atoms with Crippen molar-refractivity contribution < 1.29 is 4.42 Å². The Morgan fingerprint density at radius 2 is 2.00 bits per heavy atom. The number of hydrogen-bond acceptors (Lipinski definition) is 3. The molecule has 1 saturated carbocycles. The van der Waals surface area contributed by atoms with Gasteiger partial charge in [0.15, 0.2) is 0 Å². The fourth-order valence-electron chi connectivity index (χ4n) is 2.48. The summed E-state index contributed by atoms with van der Waals surface area (Å²) in [7, 11) is 0. The normalized spacial score (nSPS) is 25.8. The number of rotatable bonds is 5. The third-order valence-corrected chi connectivity index (χ3v) is 3.61. The van der Waals surface area contributed by atoms with Crippen LogP contribution in [0.25, 0.3) is 0 Å². The second-order valence-electron chi connectivity index (χ2n) is 4.83. The van der Waals surface area contributed by atoms with Crippen molar-refractivity contribution in [2.45, 2.75) is 32.2 Å². The minimum atomic E-state index is 0.779. The van der Waals surface area contributed by atoms with Crippen LogP contribution in [0.1, 0.15) is 31.4 Å². The van der Waals surface area contributed by atoms with Gasteiger partial charge in [-0.15, -0.1) is 0 Å². The van der Waals surface area contributed by atoms with Crippen LogP contribution in [0, 0.1) is 11.8 Å². The Bertz CT molecular complexity index is 276. The summed E-state index contributed by atoms with van der Waals surface area (Å²) in [4.78, 5) is 0. The van der Waals surface area contributed by atoms with E-state index in [1.54, 1.807) is 6.26 Å². The summed E-state index contributed by atoms with van der Waals surface area (Å²) in [6.45, 7) is 2.83. The van der Waals surface area contributed by atoms with E-state index in [1.807, 2.05) is 12.1 Å². The first kappa shape index (κ1) is 11.7. The largest absolute Gasteiger partial charge is 0.468 e. The molecule has 0 aliphatic heterocycles. The van der Waals surface area contributed by atoms with E-state index >= 15 is 0 Å². The molecule has 0 spiro atoms. The highest BCUT2D eigenvalue weighted by Gasteiger charge is 2.19. The number of nitrogens with one attached hydrogen (secondary N) is 1. The Morgan fingerprint density at radius 3 is 2.62 bits per heavy atom. The maximum absolute atomic E-state index is 5.68. The molecule has 3 N–H and O–H groups in total. The minimum Gasteiger partial charge on any atom is -0.468 e. The Labute approximate surface area is 97.4 Å². The zero-order valence-electron chi connectivity index (χ0n) is 9.82. The standard InChI is InChI=1S/C13H22N2O/c14-8-11-3-5-12(6-4-11)9-15-10-13-2-1-7-16-13/h1-2,7,11-12,15H,3-6,8-10,14H2. The third-order valence-electron chi connectivity index (χ3n) is 3.61. The molecule has 1 aromatic rings. The summed E-state index contributed by atoms with van der Waals surface area (Å²) in [5, 5.41) is 3.47. The van der Waals surface area contributed by atoms with E-state index < -0.39 is 0 Å². The molecule has 0 atom stereocenters. The smallest absolute Gasteiger partial charge is 0.117 e. The van der Waals surface area contributed by atoms with Crippen molar-refractivity contribution >= 4 is 0 Å². The van der Waals surface area contributed by atoms with Crippen LogP contribution in [0.2, 0.25) is 0 Å². The van der Waals surface area contributed by atoms with Crippen molar-refractivity contribution in [3.63, 3.8) is 0 Å². The minimum absolute atomic E-state index is 0.779. The highest BCUT2D eigenvalue weighted by Crippen LogP contribution is 2.27. The molecule has 0 amide bonds. The molecule has 3 heteroatoms. The summed E-state index contributed by atoms with van der Waals surface area (Å²) in [6, 6.07) is 3.95. The highest BCUT2D eigenvalue weighted by molar-refractivity contribution is 4.97. The van der Waals surface area contributed by atoms with Crippen LogP contribution in [-0.2, 0) is 6.54 Å². The quantitative estimate of drug-likeness (QED) is 0.802. The highest BCUT2D eigenvalue weighted by atomic mass is 16.3. The lowest BCUT2D eigenvalue weighted by molar-refractivity contribution is 0.270. The monoisotopic (exact) mass is 222 g/mol. The van der Waals surface area contributed by atoms with E-state index in [2.05, 4.69) is 5.32 Å². The zero-order valence-corrected chi connectivity index (χ0v) is 9.82. The molecular weight excluding hydrogens is 200 g/mol. The lowest BCUT2D eigenvalue weighted by Gasteiger charge is -2.27. The number of hydrogen-bond donors (Lipinski definition) is 2. The van der Waals surface area contributed by atoms with Crippen LogP contribution in [0.15, 0.2) is 22.8 Å². The maximum Gasteiger partial charge on any atom is 0.117 e. The molecule has 0 bridgehead atoms. The van der Waals surface area contributed by atoms with Gasteiger partial charge in [-0.2, -0.15) is 0 Å². The van der Waals surface area contributed by atoms with Gasteiger partial charge in [-0.05, 0) is 62.7 Å². The van der Waals surface area contributed by atoms with E-state index in [4.69, 9.17) is 10.2 Å². The lowest BCUT2D eigenvalue weighted by Crippen LogP contribution is -2.28. The number of furan rings is 1. The van der Waals surface area contributed by atoms with Gasteiger partial charge < -0.3 is 15.5 Å². The predicted molar refractivity (Wildman–Crippen MR) is 64.9 cm³/mol. The molecule has 0 saturated heterocycles. The molecule has 1 aliphatic rings.